The normalized spacial score (nSPS) is 22.6. The molecule has 1 spiro atoms. The summed E-state index contributed by atoms with van der Waals surface area (Å²) in [5.74, 6) is -0.0239. The van der Waals surface area contributed by atoms with Crippen molar-refractivity contribution < 1.29 is 14.3 Å². The Morgan fingerprint density at radius 1 is 1.04 bits per heavy atom. The van der Waals surface area contributed by atoms with Crippen LogP contribution in [0.5, 0.6) is 0 Å². The number of likely N-dealkylation sites (N-methyl/N-ethyl adjacent to an activating group) is 1. The van der Waals surface area contributed by atoms with Crippen molar-refractivity contribution in [2.75, 3.05) is 72.0 Å². The summed E-state index contributed by atoms with van der Waals surface area (Å²) in [5, 5.41) is 0. The molecule has 0 bridgehead atoms. The number of hydrogen-bond donors (Lipinski definition) is 1. The maximum Gasteiger partial charge on any atom is 0.410 e. The van der Waals surface area contributed by atoms with Crippen LogP contribution in [-0.2, 0) is 9.53 Å². The summed E-state index contributed by atoms with van der Waals surface area (Å²) in [7, 11) is 0. The Kier molecular flexibility index (Phi) is 10.3. The van der Waals surface area contributed by atoms with Crippen molar-refractivity contribution in [3.05, 3.63) is 0 Å². The number of amides is 2. The number of likely N-dealkylation sites (tertiary alicyclic amines) is 1. The average molecular weight is 440 g/mol. The van der Waals surface area contributed by atoms with Gasteiger partial charge in [0, 0.05) is 58.7 Å². The highest BCUT2D eigenvalue weighted by Crippen LogP contribution is 2.33. The Hall–Kier alpha value is -0.800. The number of hydrogen-bond acceptors (Lipinski definition) is 6. The molecule has 28 heavy (non-hydrogen) atoms. The van der Waals surface area contributed by atoms with Crippen molar-refractivity contribution in [2.45, 2.75) is 31.8 Å². The fourth-order valence-corrected chi connectivity index (χ4v) is 4.23. The van der Waals surface area contributed by atoms with Gasteiger partial charge < -0.3 is 30.1 Å². The third kappa shape index (κ3) is 6.10. The summed E-state index contributed by atoms with van der Waals surface area (Å²) >= 11 is 0. The van der Waals surface area contributed by atoms with E-state index in [1.807, 2.05) is 4.90 Å². The smallest absolute Gasteiger partial charge is 0.410 e. The first-order valence-corrected chi connectivity index (χ1v) is 9.96. The lowest BCUT2D eigenvalue weighted by molar-refractivity contribution is -0.133. The number of carbonyl (C=O) groups is 2. The minimum Gasteiger partial charge on any atom is -0.441 e. The fraction of sp³-hybridized carbons (Fsp3) is 0.889. The molecule has 0 aromatic rings. The Morgan fingerprint density at radius 2 is 1.64 bits per heavy atom. The van der Waals surface area contributed by atoms with Gasteiger partial charge >= 0.3 is 6.09 Å². The van der Waals surface area contributed by atoms with Gasteiger partial charge in [-0.15, -0.1) is 24.8 Å². The fourth-order valence-electron chi connectivity index (χ4n) is 4.23. The summed E-state index contributed by atoms with van der Waals surface area (Å²) in [6.07, 6.45) is 2.20. The van der Waals surface area contributed by atoms with Crippen LogP contribution in [0.2, 0.25) is 0 Å². The van der Waals surface area contributed by atoms with Crippen LogP contribution in [0.4, 0.5) is 4.79 Å². The highest BCUT2D eigenvalue weighted by molar-refractivity contribution is 5.85. The third-order valence-corrected chi connectivity index (χ3v) is 6.06. The summed E-state index contributed by atoms with van der Waals surface area (Å²) in [6, 6.07) is 0. The number of carbonyl (C=O) groups excluding carboxylic acids is 2. The predicted octanol–water partition coefficient (Wildman–Crippen LogP) is 0.630. The molecule has 0 aliphatic carbocycles. The first-order chi connectivity index (χ1) is 12.5. The van der Waals surface area contributed by atoms with Crippen molar-refractivity contribution in [2.24, 2.45) is 5.73 Å². The Morgan fingerprint density at radius 3 is 2.21 bits per heavy atom. The van der Waals surface area contributed by atoms with Gasteiger partial charge in [0.05, 0.1) is 13.1 Å². The lowest BCUT2D eigenvalue weighted by Crippen LogP contribution is -2.50. The number of rotatable bonds is 6. The number of piperazine rings is 1. The van der Waals surface area contributed by atoms with Crippen LogP contribution < -0.4 is 5.73 Å². The van der Waals surface area contributed by atoms with E-state index in [9.17, 15) is 9.59 Å². The minimum absolute atomic E-state index is 0. The maximum absolute atomic E-state index is 12.3. The van der Waals surface area contributed by atoms with Crippen LogP contribution in [0.3, 0.4) is 0 Å². The Labute approximate surface area is 180 Å². The third-order valence-electron chi connectivity index (χ3n) is 6.06. The quantitative estimate of drug-likeness (QED) is 0.653. The van der Waals surface area contributed by atoms with Gasteiger partial charge in [-0.1, -0.05) is 6.92 Å². The molecule has 0 aromatic heterocycles. The molecule has 2 N–H and O–H groups in total. The number of nitrogens with two attached hydrogens (primary N) is 1. The van der Waals surface area contributed by atoms with Gasteiger partial charge in [-0.3, -0.25) is 4.79 Å². The number of nitrogens with zero attached hydrogens (tertiary/aromatic N) is 4. The van der Waals surface area contributed by atoms with Gasteiger partial charge in [0.1, 0.15) is 5.60 Å². The van der Waals surface area contributed by atoms with Crippen LogP contribution in [0.1, 0.15) is 26.2 Å². The molecule has 0 unspecified atom stereocenters. The van der Waals surface area contributed by atoms with E-state index in [-0.39, 0.29) is 43.4 Å². The van der Waals surface area contributed by atoms with Crippen molar-refractivity contribution in [1.29, 1.82) is 0 Å². The van der Waals surface area contributed by atoms with E-state index in [2.05, 4.69) is 16.7 Å². The molecule has 0 aromatic carbocycles. The lowest BCUT2D eigenvalue weighted by Gasteiger charge is -2.37. The van der Waals surface area contributed by atoms with Gasteiger partial charge in [-0.05, 0) is 19.5 Å². The molecule has 0 atom stereocenters. The lowest BCUT2D eigenvalue weighted by atomic mass is 9.91. The molecular weight excluding hydrogens is 405 g/mol. The molecule has 0 saturated carbocycles. The summed E-state index contributed by atoms with van der Waals surface area (Å²) in [6.45, 7) is 11.6. The van der Waals surface area contributed by atoms with E-state index < -0.39 is 5.60 Å². The van der Waals surface area contributed by atoms with Gasteiger partial charge in [-0.25, -0.2) is 4.79 Å². The SMILES string of the molecule is CCN1CCN(CCCN2CC3(CCN(C(=O)CN)CC3)OC2=O)CC1.Cl.Cl. The van der Waals surface area contributed by atoms with E-state index in [0.29, 0.717) is 32.5 Å². The summed E-state index contributed by atoms with van der Waals surface area (Å²) in [5.41, 5.74) is 5.02. The second-order valence-corrected chi connectivity index (χ2v) is 7.69. The Balaban J connectivity index is 0.00000196. The van der Waals surface area contributed by atoms with Crippen molar-refractivity contribution in [3.8, 4) is 0 Å². The molecule has 3 fully saturated rings. The zero-order valence-corrected chi connectivity index (χ0v) is 18.4. The van der Waals surface area contributed by atoms with Crippen LogP contribution in [-0.4, -0.2) is 109 Å². The molecule has 3 aliphatic heterocycles. The van der Waals surface area contributed by atoms with Crippen LogP contribution in [0, 0.1) is 0 Å². The topological polar surface area (TPSA) is 82.3 Å². The second kappa shape index (κ2) is 11.4. The van der Waals surface area contributed by atoms with Crippen LogP contribution >= 0.6 is 24.8 Å². The summed E-state index contributed by atoms with van der Waals surface area (Å²) in [4.78, 5) is 32.6. The van der Waals surface area contributed by atoms with Crippen molar-refractivity contribution in [1.82, 2.24) is 19.6 Å². The maximum atomic E-state index is 12.3. The molecule has 164 valence electrons. The van der Waals surface area contributed by atoms with Gasteiger partial charge in [-0.2, -0.15) is 0 Å². The predicted molar refractivity (Wildman–Crippen MR) is 113 cm³/mol. The van der Waals surface area contributed by atoms with Gasteiger partial charge in [0.25, 0.3) is 0 Å². The van der Waals surface area contributed by atoms with Crippen LogP contribution in [0.15, 0.2) is 0 Å². The molecular formula is C18H35Cl2N5O3. The molecule has 3 aliphatic rings. The zero-order valence-electron chi connectivity index (χ0n) is 16.8. The molecule has 10 heteroatoms. The first kappa shape index (κ1) is 25.2. The first-order valence-electron chi connectivity index (χ1n) is 9.96. The standard InChI is InChI=1S/C18H33N5O3.2ClH/c1-2-20-10-12-21(13-11-20)6-3-7-23-15-18(26-17(23)25)4-8-22(9-5-18)16(24)14-19;;/h2-15,19H2,1H3;2*1H. The van der Waals surface area contributed by atoms with Crippen LogP contribution in [0.25, 0.3) is 0 Å². The zero-order chi connectivity index (χ0) is 18.6. The molecule has 3 saturated heterocycles. The van der Waals surface area contributed by atoms with E-state index >= 15 is 0 Å². The monoisotopic (exact) mass is 439 g/mol. The number of piperidine rings is 1. The molecule has 3 heterocycles. The Bertz CT molecular complexity index is 509. The number of halogens is 2. The van der Waals surface area contributed by atoms with Gasteiger partial charge in [0.15, 0.2) is 0 Å². The molecule has 8 nitrogen and oxygen atoms in total. The number of ether oxygens (including phenoxy) is 1. The van der Waals surface area contributed by atoms with Crippen molar-refractivity contribution in [3.63, 3.8) is 0 Å². The highest BCUT2D eigenvalue weighted by Gasteiger charge is 2.47. The van der Waals surface area contributed by atoms with Gasteiger partial charge in [0.2, 0.25) is 5.91 Å². The van der Waals surface area contributed by atoms with E-state index in [4.69, 9.17) is 10.5 Å². The van der Waals surface area contributed by atoms with E-state index in [1.54, 1.807) is 4.90 Å². The second-order valence-electron chi connectivity index (χ2n) is 7.69. The molecule has 3 rings (SSSR count). The molecule has 2 amide bonds. The highest BCUT2D eigenvalue weighted by atomic mass is 35.5. The van der Waals surface area contributed by atoms with E-state index in [0.717, 1.165) is 52.2 Å². The minimum atomic E-state index is -0.408. The largest absolute Gasteiger partial charge is 0.441 e. The van der Waals surface area contributed by atoms with Crippen molar-refractivity contribution >= 4 is 36.8 Å². The average Bonchev–Trinajstić information content (AvgIpc) is 2.97. The molecule has 0 radical (unpaired) electrons. The summed E-state index contributed by atoms with van der Waals surface area (Å²) < 4.78 is 5.73. The van der Waals surface area contributed by atoms with E-state index in [1.165, 1.54) is 0 Å².